The minimum absolute atomic E-state index is 0.346. The van der Waals surface area contributed by atoms with Crippen LogP contribution in [0.3, 0.4) is 0 Å². The summed E-state index contributed by atoms with van der Waals surface area (Å²) in [6, 6.07) is 9.90. The molecule has 4 amide bonds. The predicted octanol–water partition coefficient (Wildman–Crippen LogP) is 4.01. The minimum atomic E-state index is -0.765. The highest BCUT2D eigenvalue weighted by atomic mass is 32.1. The molecule has 26 heavy (non-hydrogen) atoms. The van der Waals surface area contributed by atoms with Gasteiger partial charge in [-0.25, -0.2) is 14.5 Å². The molecule has 1 aliphatic rings. The van der Waals surface area contributed by atoms with Gasteiger partial charge in [0.2, 0.25) is 0 Å². The van der Waals surface area contributed by atoms with Gasteiger partial charge >= 0.3 is 12.1 Å². The van der Waals surface area contributed by atoms with Gasteiger partial charge in [-0.3, -0.25) is 0 Å². The monoisotopic (exact) mass is 366 g/mol. The molecule has 7 heteroatoms. The summed E-state index contributed by atoms with van der Waals surface area (Å²) in [5, 5.41) is 18.9. The smallest absolute Gasteiger partial charge is 0.330 e. The van der Waals surface area contributed by atoms with E-state index in [1.165, 1.54) is 0 Å². The fraction of sp³-hybridized carbons (Fsp3) is 0.211. The number of thiophene rings is 1. The molecule has 2 N–H and O–H groups in total. The van der Waals surface area contributed by atoms with E-state index in [-0.39, 0.29) is 0 Å². The molecule has 2 aromatic rings. The van der Waals surface area contributed by atoms with Crippen molar-refractivity contribution >= 4 is 23.4 Å². The van der Waals surface area contributed by atoms with Crippen LogP contribution < -0.4 is 10.6 Å². The van der Waals surface area contributed by atoms with Gasteiger partial charge in [-0.15, -0.1) is 0 Å². The zero-order valence-electron chi connectivity index (χ0n) is 14.4. The van der Waals surface area contributed by atoms with Crippen LogP contribution in [0, 0.1) is 11.3 Å². The Morgan fingerprint density at radius 3 is 2.85 bits per heavy atom. The summed E-state index contributed by atoms with van der Waals surface area (Å²) >= 11 is 1.59. The molecular formula is C19H18N4O2S. The average molecular weight is 366 g/mol. The third-order valence-electron chi connectivity index (χ3n) is 4.17. The fourth-order valence-electron chi connectivity index (χ4n) is 2.96. The first-order valence-corrected chi connectivity index (χ1v) is 9.12. The third kappa shape index (κ3) is 3.19. The van der Waals surface area contributed by atoms with Gasteiger partial charge in [-0.05, 0) is 53.4 Å². The number of imide groups is 1. The molecule has 1 aliphatic heterocycles. The Morgan fingerprint density at radius 2 is 2.19 bits per heavy atom. The summed E-state index contributed by atoms with van der Waals surface area (Å²) in [5.74, 6) is 0. The fourth-order valence-corrected chi connectivity index (χ4v) is 3.63. The maximum atomic E-state index is 12.5. The number of urea groups is 2. The van der Waals surface area contributed by atoms with Gasteiger partial charge in [0.25, 0.3) is 0 Å². The van der Waals surface area contributed by atoms with E-state index in [1.807, 2.05) is 41.1 Å². The van der Waals surface area contributed by atoms with Crippen molar-refractivity contribution in [2.45, 2.75) is 19.9 Å². The normalized spacial score (nSPS) is 16.9. The Labute approximate surface area is 155 Å². The largest absolute Gasteiger partial charge is 0.338 e. The number of benzene rings is 1. The number of nitrogens with one attached hydrogen (secondary N) is 2. The van der Waals surface area contributed by atoms with Gasteiger partial charge in [0.1, 0.15) is 6.04 Å². The average Bonchev–Trinajstić information content (AvgIpc) is 3.16. The summed E-state index contributed by atoms with van der Waals surface area (Å²) in [6.07, 6.45) is 0. The van der Waals surface area contributed by atoms with Crippen LogP contribution in [-0.2, 0) is 0 Å². The van der Waals surface area contributed by atoms with Crippen LogP contribution >= 0.6 is 11.3 Å². The lowest BCUT2D eigenvalue weighted by atomic mass is 9.93. The topological polar surface area (TPSA) is 85.2 Å². The summed E-state index contributed by atoms with van der Waals surface area (Å²) in [6.45, 7) is 3.83. The van der Waals surface area contributed by atoms with Crippen LogP contribution in [0.1, 0.15) is 25.5 Å². The van der Waals surface area contributed by atoms with Crippen LogP contribution in [0.2, 0.25) is 0 Å². The molecule has 1 unspecified atom stereocenters. The second kappa shape index (κ2) is 7.42. The van der Waals surface area contributed by atoms with Crippen molar-refractivity contribution in [2.75, 3.05) is 6.54 Å². The molecule has 0 saturated carbocycles. The molecular weight excluding hydrogens is 348 g/mol. The molecule has 0 fully saturated rings. The second-order valence-corrected chi connectivity index (χ2v) is 6.61. The maximum absolute atomic E-state index is 12.5. The zero-order chi connectivity index (χ0) is 18.7. The van der Waals surface area contributed by atoms with Gasteiger partial charge in [-0.2, -0.15) is 16.6 Å². The third-order valence-corrected chi connectivity index (χ3v) is 4.86. The van der Waals surface area contributed by atoms with Gasteiger partial charge in [0.05, 0.1) is 11.6 Å². The SMILES string of the molecule is CCNC(=O)N1C(=O)NC(C)=C(C#N)C1c1cccc(-c2ccsc2)c1. The highest BCUT2D eigenvalue weighted by Crippen LogP contribution is 2.35. The van der Waals surface area contributed by atoms with Crippen molar-refractivity contribution in [1.82, 2.24) is 15.5 Å². The lowest BCUT2D eigenvalue weighted by molar-refractivity contribution is 0.173. The molecule has 1 atom stereocenters. The van der Waals surface area contributed by atoms with Crippen molar-refractivity contribution in [3.8, 4) is 17.2 Å². The number of hydrogen-bond acceptors (Lipinski definition) is 4. The van der Waals surface area contributed by atoms with Crippen molar-refractivity contribution in [2.24, 2.45) is 0 Å². The van der Waals surface area contributed by atoms with Gasteiger partial charge in [0.15, 0.2) is 0 Å². The van der Waals surface area contributed by atoms with Crippen molar-refractivity contribution < 1.29 is 9.59 Å². The minimum Gasteiger partial charge on any atom is -0.338 e. The molecule has 0 spiro atoms. The Kier molecular flexibility index (Phi) is 5.05. The summed E-state index contributed by atoms with van der Waals surface area (Å²) < 4.78 is 0. The van der Waals surface area contributed by atoms with E-state index in [0.29, 0.717) is 23.4 Å². The number of nitrogens with zero attached hydrogens (tertiary/aromatic N) is 2. The molecule has 2 heterocycles. The van der Waals surface area contributed by atoms with Crippen molar-refractivity contribution in [1.29, 1.82) is 5.26 Å². The maximum Gasteiger partial charge on any atom is 0.330 e. The van der Waals surface area contributed by atoms with E-state index >= 15 is 0 Å². The van der Waals surface area contributed by atoms with Crippen molar-refractivity contribution in [3.63, 3.8) is 0 Å². The Balaban J connectivity index is 2.12. The van der Waals surface area contributed by atoms with Crippen molar-refractivity contribution in [3.05, 3.63) is 57.9 Å². The van der Waals surface area contributed by atoms with E-state index in [4.69, 9.17) is 0 Å². The molecule has 0 radical (unpaired) electrons. The Hall–Kier alpha value is -3.11. The van der Waals surface area contributed by atoms with E-state index in [2.05, 4.69) is 16.7 Å². The van der Waals surface area contributed by atoms with Crippen LogP contribution in [-0.4, -0.2) is 23.5 Å². The molecule has 132 valence electrons. The standard InChI is InChI=1S/C19H18N4O2S/c1-3-21-18(24)23-17(16(10-20)12(2)22-19(23)25)14-6-4-5-13(9-14)15-7-8-26-11-15/h4-9,11,17H,3H2,1-2H3,(H,21,24)(H,22,25). The number of nitriles is 1. The first kappa shape index (κ1) is 17.7. The summed E-state index contributed by atoms with van der Waals surface area (Å²) in [4.78, 5) is 26.1. The molecule has 0 bridgehead atoms. The van der Waals surface area contributed by atoms with E-state index in [0.717, 1.165) is 16.0 Å². The highest BCUT2D eigenvalue weighted by Gasteiger charge is 2.38. The Morgan fingerprint density at radius 1 is 1.38 bits per heavy atom. The predicted molar refractivity (Wildman–Crippen MR) is 100 cm³/mol. The van der Waals surface area contributed by atoms with E-state index < -0.39 is 18.1 Å². The zero-order valence-corrected chi connectivity index (χ0v) is 15.3. The number of allylic oxidation sites excluding steroid dienone is 1. The van der Waals surface area contributed by atoms with Crippen LogP contribution in [0.25, 0.3) is 11.1 Å². The first-order valence-electron chi connectivity index (χ1n) is 8.18. The van der Waals surface area contributed by atoms with Gasteiger partial charge in [0, 0.05) is 12.2 Å². The number of hydrogen-bond donors (Lipinski definition) is 2. The van der Waals surface area contributed by atoms with Crippen LogP contribution in [0.15, 0.2) is 52.4 Å². The Bertz CT molecular complexity index is 912. The number of rotatable bonds is 3. The molecule has 1 aromatic carbocycles. The van der Waals surface area contributed by atoms with Gasteiger partial charge < -0.3 is 10.6 Å². The van der Waals surface area contributed by atoms with Crippen LogP contribution in [0.4, 0.5) is 9.59 Å². The summed E-state index contributed by atoms with van der Waals surface area (Å²) in [7, 11) is 0. The lowest BCUT2D eigenvalue weighted by Crippen LogP contribution is -2.53. The van der Waals surface area contributed by atoms with E-state index in [9.17, 15) is 14.9 Å². The van der Waals surface area contributed by atoms with E-state index in [1.54, 1.807) is 25.2 Å². The highest BCUT2D eigenvalue weighted by molar-refractivity contribution is 7.08. The lowest BCUT2D eigenvalue weighted by Gasteiger charge is -2.35. The molecule has 3 rings (SSSR count). The number of amides is 4. The molecule has 1 aromatic heterocycles. The van der Waals surface area contributed by atoms with Crippen LogP contribution in [0.5, 0.6) is 0 Å². The quantitative estimate of drug-likeness (QED) is 0.861. The van der Waals surface area contributed by atoms with Gasteiger partial charge in [-0.1, -0.05) is 18.2 Å². The first-order chi connectivity index (χ1) is 12.6. The molecule has 0 aliphatic carbocycles. The number of carbonyl (C=O) groups is 2. The number of carbonyl (C=O) groups excluding carboxylic acids is 2. The molecule has 0 saturated heterocycles. The summed E-state index contributed by atoms with van der Waals surface area (Å²) in [5.41, 5.74) is 3.55. The molecule has 6 nitrogen and oxygen atoms in total. The second-order valence-electron chi connectivity index (χ2n) is 5.83.